The topological polar surface area (TPSA) is 118 Å². The van der Waals surface area contributed by atoms with E-state index in [0.717, 1.165) is 11.3 Å². The van der Waals surface area contributed by atoms with Crippen molar-refractivity contribution in [2.24, 2.45) is 0 Å². The highest BCUT2D eigenvalue weighted by atomic mass is 32.2. The van der Waals surface area contributed by atoms with Gasteiger partial charge in [-0.1, -0.05) is 11.3 Å². The van der Waals surface area contributed by atoms with Crippen LogP contribution in [0.5, 0.6) is 10.9 Å². The number of sulfonamides is 1. The van der Waals surface area contributed by atoms with E-state index in [2.05, 4.69) is 19.7 Å². The molecule has 10 heteroatoms. The molecule has 0 radical (unpaired) electrons. The predicted molar refractivity (Wildman–Crippen MR) is 102 cm³/mol. The van der Waals surface area contributed by atoms with Crippen LogP contribution in [0.25, 0.3) is 11.3 Å². The Morgan fingerprint density at radius 1 is 1.22 bits per heavy atom. The Hall–Kier alpha value is -3.03. The Bertz CT molecular complexity index is 1150. The molecule has 3 aromatic heterocycles. The maximum atomic E-state index is 11.7. The number of rotatable bonds is 5. The molecule has 0 aliphatic heterocycles. The quantitative estimate of drug-likeness (QED) is 0.697. The molecule has 138 valence electrons. The molecule has 27 heavy (non-hydrogen) atoms. The van der Waals surface area contributed by atoms with Gasteiger partial charge in [0.2, 0.25) is 21.0 Å². The molecule has 3 rings (SSSR count). The number of aromatic nitrogens is 3. The van der Waals surface area contributed by atoms with Crippen molar-refractivity contribution in [2.45, 2.75) is 13.8 Å². The molecule has 0 amide bonds. The van der Waals surface area contributed by atoms with Gasteiger partial charge in [0.1, 0.15) is 11.8 Å². The summed E-state index contributed by atoms with van der Waals surface area (Å²) in [6.45, 7) is 3.65. The molecule has 0 spiro atoms. The zero-order valence-corrected chi connectivity index (χ0v) is 16.3. The van der Waals surface area contributed by atoms with Crippen LogP contribution in [-0.2, 0) is 10.0 Å². The number of nitrogens with zero attached hydrogens (tertiary/aromatic N) is 4. The number of aryl methyl sites for hydroxylation is 2. The average Bonchev–Trinajstić information content (AvgIpc) is 2.92. The van der Waals surface area contributed by atoms with E-state index in [1.165, 1.54) is 17.5 Å². The van der Waals surface area contributed by atoms with E-state index in [-0.39, 0.29) is 11.6 Å². The number of thiazole rings is 1. The van der Waals surface area contributed by atoms with Crippen molar-refractivity contribution in [3.63, 3.8) is 0 Å². The molecule has 0 saturated carbocycles. The van der Waals surface area contributed by atoms with Gasteiger partial charge in [0.05, 0.1) is 28.2 Å². The molecule has 0 aliphatic rings. The third-order valence-corrected chi connectivity index (χ3v) is 4.91. The second kappa shape index (κ2) is 7.30. The van der Waals surface area contributed by atoms with E-state index in [9.17, 15) is 8.42 Å². The van der Waals surface area contributed by atoms with Gasteiger partial charge in [0.15, 0.2) is 0 Å². The SMILES string of the molecule is Cc1nc(C)c(Oc2nc(-c3cncc(C#N)c3)ccc2NS(C)(=O)=O)s1. The van der Waals surface area contributed by atoms with Crippen molar-refractivity contribution < 1.29 is 13.2 Å². The molecule has 0 fully saturated rings. The molecule has 8 nitrogen and oxygen atoms in total. The lowest BCUT2D eigenvalue weighted by Crippen LogP contribution is -2.11. The van der Waals surface area contributed by atoms with Gasteiger partial charge in [-0.2, -0.15) is 5.26 Å². The van der Waals surface area contributed by atoms with E-state index in [1.807, 2.05) is 13.0 Å². The lowest BCUT2D eigenvalue weighted by Gasteiger charge is -2.12. The normalized spacial score (nSPS) is 11.0. The van der Waals surface area contributed by atoms with Crippen LogP contribution in [-0.4, -0.2) is 29.6 Å². The van der Waals surface area contributed by atoms with E-state index in [1.54, 1.807) is 31.3 Å². The summed E-state index contributed by atoms with van der Waals surface area (Å²) in [7, 11) is -3.52. The van der Waals surface area contributed by atoms with Crippen LogP contribution in [0.15, 0.2) is 30.6 Å². The van der Waals surface area contributed by atoms with Crippen LogP contribution in [0.3, 0.4) is 0 Å². The number of hydrogen-bond donors (Lipinski definition) is 1. The predicted octanol–water partition coefficient (Wildman–Crippen LogP) is 3.25. The third-order valence-electron chi connectivity index (χ3n) is 3.37. The summed E-state index contributed by atoms with van der Waals surface area (Å²) in [5.74, 6) is 0.0898. The summed E-state index contributed by atoms with van der Waals surface area (Å²) < 4.78 is 31.6. The van der Waals surface area contributed by atoms with Crippen LogP contribution < -0.4 is 9.46 Å². The van der Waals surface area contributed by atoms with Crippen molar-refractivity contribution >= 4 is 27.0 Å². The van der Waals surface area contributed by atoms with Crippen molar-refractivity contribution in [3.8, 4) is 28.3 Å². The van der Waals surface area contributed by atoms with Crippen molar-refractivity contribution in [1.29, 1.82) is 5.26 Å². The highest BCUT2D eigenvalue weighted by Crippen LogP contribution is 2.35. The number of hydrogen-bond acceptors (Lipinski definition) is 8. The summed E-state index contributed by atoms with van der Waals surface area (Å²) in [4.78, 5) is 12.7. The molecular weight excluding hydrogens is 386 g/mol. The largest absolute Gasteiger partial charge is 0.424 e. The average molecular weight is 401 g/mol. The summed E-state index contributed by atoms with van der Waals surface area (Å²) in [5.41, 5.74) is 2.39. The smallest absolute Gasteiger partial charge is 0.245 e. The van der Waals surface area contributed by atoms with E-state index < -0.39 is 10.0 Å². The Labute approximate surface area is 160 Å². The molecule has 0 bridgehead atoms. The van der Waals surface area contributed by atoms with Crippen LogP contribution in [0.1, 0.15) is 16.3 Å². The Kier molecular flexibility index (Phi) is 5.07. The number of anilines is 1. The Balaban J connectivity index is 2.08. The molecule has 0 atom stereocenters. The third kappa shape index (κ3) is 4.58. The molecular formula is C17H15N5O3S2. The van der Waals surface area contributed by atoms with E-state index >= 15 is 0 Å². The number of pyridine rings is 2. The fourth-order valence-corrected chi connectivity index (χ4v) is 3.61. The summed E-state index contributed by atoms with van der Waals surface area (Å²) >= 11 is 1.34. The van der Waals surface area contributed by atoms with Crippen molar-refractivity contribution in [2.75, 3.05) is 11.0 Å². The Morgan fingerprint density at radius 2 is 2.00 bits per heavy atom. The van der Waals surface area contributed by atoms with Gasteiger partial charge < -0.3 is 4.74 Å². The van der Waals surface area contributed by atoms with Gasteiger partial charge in [-0.05, 0) is 32.0 Å². The van der Waals surface area contributed by atoms with Crippen LogP contribution in [0, 0.1) is 25.2 Å². The zero-order chi connectivity index (χ0) is 19.6. The number of ether oxygens (including phenoxy) is 1. The van der Waals surface area contributed by atoms with Crippen molar-refractivity contribution in [1.82, 2.24) is 15.0 Å². The van der Waals surface area contributed by atoms with Crippen molar-refractivity contribution in [3.05, 3.63) is 46.9 Å². The van der Waals surface area contributed by atoms with Gasteiger partial charge in [-0.25, -0.2) is 18.4 Å². The highest BCUT2D eigenvalue weighted by molar-refractivity contribution is 7.92. The van der Waals surface area contributed by atoms with Crippen LogP contribution in [0.4, 0.5) is 5.69 Å². The second-order valence-corrected chi connectivity index (χ2v) is 8.62. The maximum absolute atomic E-state index is 11.7. The minimum absolute atomic E-state index is 0.0898. The molecule has 3 aromatic rings. The molecule has 0 unspecified atom stereocenters. The fourth-order valence-electron chi connectivity index (χ4n) is 2.29. The van der Waals surface area contributed by atoms with Gasteiger partial charge in [-0.15, -0.1) is 0 Å². The Morgan fingerprint density at radius 3 is 2.63 bits per heavy atom. The lowest BCUT2D eigenvalue weighted by atomic mass is 10.1. The monoisotopic (exact) mass is 401 g/mol. The first-order valence-corrected chi connectivity index (χ1v) is 10.4. The minimum atomic E-state index is -3.52. The van der Waals surface area contributed by atoms with Gasteiger partial charge in [-0.3, -0.25) is 9.71 Å². The lowest BCUT2D eigenvalue weighted by molar-refractivity contribution is 0.474. The van der Waals surface area contributed by atoms with Gasteiger partial charge in [0.25, 0.3) is 0 Å². The molecule has 0 aliphatic carbocycles. The summed E-state index contributed by atoms with van der Waals surface area (Å²) in [6.07, 6.45) is 4.07. The minimum Gasteiger partial charge on any atom is -0.424 e. The van der Waals surface area contributed by atoms with Crippen LogP contribution >= 0.6 is 11.3 Å². The molecule has 3 heterocycles. The fraction of sp³-hybridized carbons (Fsp3) is 0.176. The number of nitrogens with one attached hydrogen (secondary N) is 1. The first-order chi connectivity index (χ1) is 12.7. The van der Waals surface area contributed by atoms with E-state index in [4.69, 9.17) is 10.00 Å². The van der Waals surface area contributed by atoms with Gasteiger partial charge in [0, 0.05) is 18.0 Å². The summed E-state index contributed by atoms with van der Waals surface area (Å²) in [5, 5.41) is 10.4. The first kappa shape index (κ1) is 18.8. The standard InChI is InChI=1S/C17H15N5O3S2/c1-10-17(26-11(2)20-10)25-16-15(22-27(3,23)24)5-4-14(21-16)13-6-12(7-18)8-19-9-13/h4-6,8-9,22H,1-3H3. The molecule has 0 saturated heterocycles. The summed E-state index contributed by atoms with van der Waals surface area (Å²) in [6, 6.07) is 6.85. The van der Waals surface area contributed by atoms with Gasteiger partial charge >= 0.3 is 0 Å². The van der Waals surface area contributed by atoms with E-state index in [0.29, 0.717) is 27.6 Å². The van der Waals surface area contributed by atoms with Crippen LogP contribution in [0.2, 0.25) is 0 Å². The first-order valence-electron chi connectivity index (χ1n) is 7.71. The zero-order valence-electron chi connectivity index (χ0n) is 14.7. The number of nitriles is 1. The maximum Gasteiger partial charge on any atom is 0.245 e. The highest BCUT2D eigenvalue weighted by Gasteiger charge is 2.16. The molecule has 1 N–H and O–H groups in total. The second-order valence-electron chi connectivity index (χ2n) is 5.71. The molecule has 0 aromatic carbocycles.